The van der Waals surface area contributed by atoms with Crippen LogP contribution in [0.3, 0.4) is 0 Å². The zero-order valence-electron chi connectivity index (χ0n) is 11.9. The predicted octanol–water partition coefficient (Wildman–Crippen LogP) is 2.28. The van der Waals surface area contributed by atoms with Crippen LogP contribution in [-0.4, -0.2) is 48.5 Å². The van der Waals surface area contributed by atoms with Crippen LogP contribution in [0.4, 0.5) is 0 Å². The average Bonchev–Trinajstić information content (AvgIpc) is 2.31. The van der Waals surface area contributed by atoms with Crippen LogP contribution in [-0.2, 0) is 4.74 Å². The number of aliphatic hydroxyl groups is 1. The van der Waals surface area contributed by atoms with Gasteiger partial charge in [-0.3, -0.25) is 4.90 Å². The molecule has 1 rings (SSSR count). The molecule has 0 aromatic heterocycles. The summed E-state index contributed by atoms with van der Waals surface area (Å²) >= 11 is 0. The monoisotopic (exact) mass is 243 g/mol. The Morgan fingerprint density at radius 1 is 1.35 bits per heavy atom. The van der Waals surface area contributed by atoms with E-state index in [1.165, 1.54) is 12.8 Å². The number of hydrogen-bond donors (Lipinski definition) is 1. The Kier molecular flexibility index (Phi) is 6.45. The molecule has 1 saturated carbocycles. The molecule has 1 aliphatic carbocycles. The highest BCUT2D eigenvalue weighted by atomic mass is 16.5. The number of ether oxygens (including phenoxy) is 1. The Bertz CT molecular complexity index is 208. The molecule has 0 radical (unpaired) electrons. The number of hydrogen-bond acceptors (Lipinski definition) is 3. The van der Waals surface area contributed by atoms with E-state index in [-0.39, 0.29) is 6.10 Å². The van der Waals surface area contributed by atoms with Crippen LogP contribution in [0.5, 0.6) is 0 Å². The van der Waals surface area contributed by atoms with Gasteiger partial charge in [-0.2, -0.15) is 0 Å². The third-order valence-electron chi connectivity index (χ3n) is 4.11. The lowest BCUT2D eigenvalue weighted by molar-refractivity contribution is -0.0200. The Morgan fingerprint density at radius 2 is 2.06 bits per heavy atom. The SMILES string of the molecule is CCC1CCC(O)C(N(CCOC)C(C)C)C1. The second kappa shape index (κ2) is 7.34. The summed E-state index contributed by atoms with van der Waals surface area (Å²) in [5.74, 6) is 0.784. The fourth-order valence-electron chi connectivity index (χ4n) is 2.95. The molecular weight excluding hydrogens is 214 g/mol. The summed E-state index contributed by atoms with van der Waals surface area (Å²) < 4.78 is 5.18. The van der Waals surface area contributed by atoms with Gasteiger partial charge in [0.05, 0.1) is 12.7 Å². The minimum Gasteiger partial charge on any atom is -0.391 e. The molecule has 1 fully saturated rings. The van der Waals surface area contributed by atoms with E-state index in [4.69, 9.17) is 4.74 Å². The highest BCUT2D eigenvalue weighted by Crippen LogP contribution is 2.30. The summed E-state index contributed by atoms with van der Waals surface area (Å²) in [6, 6.07) is 0.796. The normalized spacial score (nSPS) is 30.2. The van der Waals surface area contributed by atoms with Crippen LogP contribution in [0, 0.1) is 5.92 Å². The van der Waals surface area contributed by atoms with Crippen molar-refractivity contribution >= 4 is 0 Å². The van der Waals surface area contributed by atoms with Crippen molar-refractivity contribution in [3.8, 4) is 0 Å². The number of aliphatic hydroxyl groups excluding tert-OH is 1. The lowest BCUT2D eigenvalue weighted by atomic mass is 9.81. The molecule has 3 heteroatoms. The molecule has 1 N–H and O–H groups in total. The first kappa shape index (κ1) is 14.9. The predicted molar refractivity (Wildman–Crippen MR) is 71.1 cm³/mol. The van der Waals surface area contributed by atoms with Gasteiger partial charge in [-0.15, -0.1) is 0 Å². The molecule has 3 atom stereocenters. The van der Waals surface area contributed by atoms with Crippen LogP contribution in [0.25, 0.3) is 0 Å². The summed E-state index contributed by atoms with van der Waals surface area (Å²) in [6.07, 6.45) is 4.36. The third kappa shape index (κ3) is 4.23. The molecule has 3 unspecified atom stereocenters. The largest absolute Gasteiger partial charge is 0.391 e. The molecule has 0 amide bonds. The number of methoxy groups -OCH3 is 1. The fourth-order valence-corrected chi connectivity index (χ4v) is 2.95. The van der Waals surface area contributed by atoms with E-state index in [0.29, 0.717) is 12.1 Å². The molecule has 0 saturated heterocycles. The van der Waals surface area contributed by atoms with Crippen molar-refractivity contribution in [1.29, 1.82) is 0 Å². The Balaban J connectivity index is 2.62. The van der Waals surface area contributed by atoms with Gasteiger partial charge in [-0.1, -0.05) is 13.3 Å². The van der Waals surface area contributed by atoms with Crippen LogP contribution in [0.1, 0.15) is 46.5 Å². The first-order valence-corrected chi connectivity index (χ1v) is 7.02. The summed E-state index contributed by atoms with van der Waals surface area (Å²) in [5.41, 5.74) is 0. The van der Waals surface area contributed by atoms with Crippen molar-refractivity contribution < 1.29 is 9.84 Å². The van der Waals surface area contributed by atoms with Crippen molar-refractivity contribution in [2.45, 2.75) is 64.6 Å². The molecule has 102 valence electrons. The topological polar surface area (TPSA) is 32.7 Å². The van der Waals surface area contributed by atoms with Gasteiger partial charge in [0.1, 0.15) is 0 Å². The molecule has 0 heterocycles. The van der Waals surface area contributed by atoms with E-state index in [2.05, 4.69) is 25.7 Å². The molecular formula is C14H29NO2. The van der Waals surface area contributed by atoms with Crippen molar-refractivity contribution in [1.82, 2.24) is 4.90 Å². The quantitative estimate of drug-likeness (QED) is 0.777. The first-order valence-electron chi connectivity index (χ1n) is 7.02. The Hall–Kier alpha value is -0.120. The minimum atomic E-state index is -0.156. The molecule has 0 aromatic rings. The highest BCUT2D eigenvalue weighted by Gasteiger charge is 2.33. The van der Waals surface area contributed by atoms with Crippen LogP contribution < -0.4 is 0 Å². The molecule has 0 aliphatic heterocycles. The maximum atomic E-state index is 10.2. The average molecular weight is 243 g/mol. The van der Waals surface area contributed by atoms with Crippen LogP contribution >= 0.6 is 0 Å². The Labute approximate surface area is 106 Å². The second-order valence-electron chi connectivity index (χ2n) is 5.55. The lowest BCUT2D eigenvalue weighted by Crippen LogP contribution is -2.51. The molecule has 3 nitrogen and oxygen atoms in total. The standard InChI is InChI=1S/C14H29NO2/c1-5-12-6-7-14(16)13(10-12)15(11(2)3)8-9-17-4/h11-14,16H,5-10H2,1-4H3. The summed E-state index contributed by atoms with van der Waals surface area (Å²) in [5, 5.41) is 10.2. The number of rotatable bonds is 6. The molecule has 0 aromatic carbocycles. The van der Waals surface area contributed by atoms with Gasteiger partial charge in [0.15, 0.2) is 0 Å². The van der Waals surface area contributed by atoms with Gasteiger partial charge in [0.2, 0.25) is 0 Å². The van der Waals surface area contributed by atoms with Gasteiger partial charge >= 0.3 is 0 Å². The van der Waals surface area contributed by atoms with E-state index < -0.39 is 0 Å². The van der Waals surface area contributed by atoms with Crippen molar-refractivity contribution in [3.05, 3.63) is 0 Å². The van der Waals surface area contributed by atoms with Crippen molar-refractivity contribution in [2.75, 3.05) is 20.3 Å². The summed E-state index contributed by atoms with van der Waals surface area (Å²) in [7, 11) is 1.74. The van der Waals surface area contributed by atoms with Crippen molar-refractivity contribution in [3.63, 3.8) is 0 Å². The van der Waals surface area contributed by atoms with Crippen molar-refractivity contribution in [2.24, 2.45) is 5.92 Å². The van der Waals surface area contributed by atoms with E-state index >= 15 is 0 Å². The van der Waals surface area contributed by atoms with E-state index in [0.717, 1.165) is 31.9 Å². The molecule has 1 aliphatic rings. The zero-order chi connectivity index (χ0) is 12.8. The Morgan fingerprint density at radius 3 is 2.59 bits per heavy atom. The third-order valence-corrected chi connectivity index (χ3v) is 4.11. The van der Waals surface area contributed by atoms with E-state index in [1.807, 2.05) is 0 Å². The van der Waals surface area contributed by atoms with E-state index in [9.17, 15) is 5.11 Å². The number of nitrogens with zero attached hydrogens (tertiary/aromatic N) is 1. The second-order valence-corrected chi connectivity index (χ2v) is 5.55. The molecule has 0 spiro atoms. The van der Waals surface area contributed by atoms with Gasteiger partial charge in [-0.05, 0) is 39.0 Å². The van der Waals surface area contributed by atoms with Gasteiger partial charge < -0.3 is 9.84 Å². The summed E-state index contributed by atoms with van der Waals surface area (Å²) in [6.45, 7) is 8.34. The zero-order valence-corrected chi connectivity index (χ0v) is 11.9. The maximum Gasteiger partial charge on any atom is 0.0695 e. The fraction of sp³-hybridized carbons (Fsp3) is 1.00. The van der Waals surface area contributed by atoms with Gasteiger partial charge in [0.25, 0.3) is 0 Å². The first-order chi connectivity index (χ1) is 8.10. The van der Waals surface area contributed by atoms with Gasteiger partial charge in [-0.25, -0.2) is 0 Å². The smallest absolute Gasteiger partial charge is 0.0695 e. The van der Waals surface area contributed by atoms with Crippen LogP contribution in [0.15, 0.2) is 0 Å². The highest BCUT2D eigenvalue weighted by molar-refractivity contribution is 4.87. The maximum absolute atomic E-state index is 10.2. The van der Waals surface area contributed by atoms with Gasteiger partial charge in [0, 0.05) is 25.7 Å². The summed E-state index contributed by atoms with van der Waals surface area (Å²) in [4.78, 5) is 2.41. The molecule has 0 bridgehead atoms. The minimum absolute atomic E-state index is 0.156. The molecule has 17 heavy (non-hydrogen) atoms. The van der Waals surface area contributed by atoms with Crippen LogP contribution in [0.2, 0.25) is 0 Å². The lowest BCUT2D eigenvalue weighted by Gasteiger charge is -2.42. The van der Waals surface area contributed by atoms with E-state index in [1.54, 1.807) is 7.11 Å².